The van der Waals surface area contributed by atoms with Crippen LogP contribution in [0.15, 0.2) is 18.2 Å². The minimum Gasteiger partial charge on any atom is -0.478 e. The Hall–Kier alpha value is -1.58. The van der Waals surface area contributed by atoms with Crippen LogP contribution in [0.1, 0.15) is 23.2 Å². The zero-order valence-corrected chi connectivity index (χ0v) is 8.40. The number of rotatable bonds is 3. The van der Waals surface area contributed by atoms with E-state index in [0.717, 1.165) is 12.8 Å². The van der Waals surface area contributed by atoms with E-state index in [1.54, 1.807) is 13.1 Å². The van der Waals surface area contributed by atoms with Crippen LogP contribution in [0.3, 0.4) is 0 Å². The molecule has 1 aromatic carbocycles. The van der Waals surface area contributed by atoms with E-state index in [-0.39, 0.29) is 5.56 Å². The fourth-order valence-electron chi connectivity index (χ4n) is 1.68. The van der Waals surface area contributed by atoms with E-state index in [1.807, 2.05) is 4.90 Å². The summed E-state index contributed by atoms with van der Waals surface area (Å²) < 4.78 is 13.3. The van der Waals surface area contributed by atoms with Crippen LogP contribution in [-0.4, -0.2) is 24.2 Å². The summed E-state index contributed by atoms with van der Waals surface area (Å²) in [6, 6.07) is 4.72. The number of benzene rings is 1. The van der Waals surface area contributed by atoms with Gasteiger partial charge in [0.05, 0.1) is 5.69 Å². The van der Waals surface area contributed by atoms with Crippen molar-refractivity contribution in [2.75, 3.05) is 11.9 Å². The second kappa shape index (κ2) is 3.53. The van der Waals surface area contributed by atoms with Crippen molar-refractivity contribution in [3.05, 3.63) is 29.6 Å². The molecule has 1 saturated carbocycles. The summed E-state index contributed by atoms with van der Waals surface area (Å²) in [4.78, 5) is 12.8. The molecule has 0 saturated heterocycles. The molecule has 0 atom stereocenters. The Labute approximate surface area is 87.1 Å². The van der Waals surface area contributed by atoms with Crippen LogP contribution in [0.5, 0.6) is 0 Å². The molecule has 1 aromatic rings. The van der Waals surface area contributed by atoms with Crippen molar-refractivity contribution in [1.29, 1.82) is 0 Å². The molecule has 0 amide bonds. The predicted octanol–water partition coefficient (Wildman–Crippen LogP) is 2.12. The molecule has 3 nitrogen and oxygen atoms in total. The normalized spacial score (nSPS) is 15.1. The van der Waals surface area contributed by atoms with Crippen LogP contribution in [0.2, 0.25) is 0 Å². The maximum absolute atomic E-state index is 13.3. The van der Waals surface area contributed by atoms with Crippen molar-refractivity contribution < 1.29 is 14.3 Å². The molecule has 0 unspecified atom stereocenters. The SMILES string of the molecule is CN(c1cccc(F)c1C(=O)O)C1CC1. The number of carboxylic acid groups (broad SMARTS) is 1. The maximum atomic E-state index is 13.3. The van der Waals surface area contributed by atoms with Crippen LogP contribution in [-0.2, 0) is 0 Å². The van der Waals surface area contributed by atoms with Gasteiger partial charge in [-0.05, 0) is 25.0 Å². The number of carboxylic acids is 1. The third-order valence-corrected chi connectivity index (χ3v) is 2.68. The molecular weight excluding hydrogens is 197 g/mol. The van der Waals surface area contributed by atoms with E-state index in [1.165, 1.54) is 12.1 Å². The first-order chi connectivity index (χ1) is 7.11. The van der Waals surface area contributed by atoms with Crippen molar-refractivity contribution >= 4 is 11.7 Å². The highest BCUT2D eigenvalue weighted by molar-refractivity contribution is 5.94. The second-order valence-corrected chi connectivity index (χ2v) is 3.78. The van der Waals surface area contributed by atoms with E-state index in [2.05, 4.69) is 0 Å². The van der Waals surface area contributed by atoms with E-state index >= 15 is 0 Å². The topological polar surface area (TPSA) is 40.5 Å². The number of nitrogens with zero attached hydrogens (tertiary/aromatic N) is 1. The van der Waals surface area contributed by atoms with Crippen LogP contribution in [0.25, 0.3) is 0 Å². The molecule has 4 heteroatoms. The Kier molecular flexibility index (Phi) is 2.34. The molecule has 15 heavy (non-hydrogen) atoms. The highest BCUT2D eigenvalue weighted by atomic mass is 19.1. The van der Waals surface area contributed by atoms with Gasteiger partial charge in [0.1, 0.15) is 11.4 Å². The number of hydrogen-bond donors (Lipinski definition) is 1. The van der Waals surface area contributed by atoms with Gasteiger partial charge in [0.25, 0.3) is 0 Å². The molecule has 0 aliphatic heterocycles. The van der Waals surface area contributed by atoms with Crippen LogP contribution in [0, 0.1) is 5.82 Å². The zero-order chi connectivity index (χ0) is 11.0. The summed E-state index contributed by atoms with van der Waals surface area (Å²) in [5.74, 6) is -1.89. The molecular formula is C11H12FNO2. The minimum atomic E-state index is -1.21. The lowest BCUT2D eigenvalue weighted by atomic mass is 10.1. The van der Waals surface area contributed by atoms with Crippen molar-refractivity contribution in [3.63, 3.8) is 0 Å². The van der Waals surface area contributed by atoms with Crippen molar-refractivity contribution in [1.82, 2.24) is 0 Å². The number of aromatic carboxylic acids is 1. The van der Waals surface area contributed by atoms with Gasteiger partial charge >= 0.3 is 5.97 Å². The zero-order valence-electron chi connectivity index (χ0n) is 8.40. The van der Waals surface area contributed by atoms with Crippen molar-refractivity contribution in [2.45, 2.75) is 18.9 Å². The Morgan fingerprint density at radius 1 is 1.53 bits per heavy atom. The van der Waals surface area contributed by atoms with E-state index in [0.29, 0.717) is 11.7 Å². The van der Waals surface area contributed by atoms with Gasteiger partial charge in [-0.1, -0.05) is 6.07 Å². The van der Waals surface area contributed by atoms with Gasteiger partial charge in [-0.15, -0.1) is 0 Å². The molecule has 0 radical (unpaired) electrons. The van der Waals surface area contributed by atoms with E-state index in [4.69, 9.17) is 5.11 Å². The fourth-order valence-corrected chi connectivity index (χ4v) is 1.68. The first-order valence-electron chi connectivity index (χ1n) is 4.86. The standard InChI is InChI=1S/C11H12FNO2/c1-13(7-5-6-7)9-4-2-3-8(12)10(9)11(14)15/h2-4,7H,5-6H2,1H3,(H,14,15). The highest BCUT2D eigenvalue weighted by Crippen LogP contribution is 2.32. The Bertz CT molecular complexity index is 402. The van der Waals surface area contributed by atoms with Crippen LogP contribution >= 0.6 is 0 Å². The van der Waals surface area contributed by atoms with Gasteiger partial charge in [-0.25, -0.2) is 9.18 Å². The highest BCUT2D eigenvalue weighted by Gasteiger charge is 2.29. The van der Waals surface area contributed by atoms with Gasteiger partial charge in [0, 0.05) is 13.1 Å². The van der Waals surface area contributed by atoms with Gasteiger partial charge < -0.3 is 10.0 Å². The number of carbonyl (C=O) groups is 1. The van der Waals surface area contributed by atoms with E-state index in [9.17, 15) is 9.18 Å². The first kappa shape index (κ1) is 9.96. The second-order valence-electron chi connectivity index (χ2n) is 3.78. The van der Waals surface area contributed by atoms with Crippen molar-refractivity contribution in [2.24, 2.45) is 0 Å². The molecule has 1 aliphatic carbocycles. The lowest BCUT2D eigenvalue weighted by Crippen LogP contribution is -2.22. The summed E-state index contributed by atoms with van der Waals surface area (Å²) in [6.45, 7) is 0. The third-order valence-electron chi connectivity index (χ3n) is 2.68. The molecule has 80 valence electrons. The summed E-state index contributed by atoms with van der Waals surface area (Å²) in [6.07, 6.45) is 2.10. The van der Waals surface area contributed by atoms with Crippen LogP contribution in [0.4, 0.5) is 10.1 Å². The molecule has 0 bridgehead atoms. The largest absolute Gasteiger partial charge is 0.478 e. The first-order valence-corrected chi connectivity index (χ1v) is 4.86. The predicted molar refractivity (Wildman–Crippen MR) is 54.8 cm³/mol. The molecule has 1 aliphatic rings. The third kappa shape index (κ3) is 1.79. The summed E-state index contributed by atoms with van der Waals surface area (Å²) in [5, 5.41) is 8.93. The monoisotopic (exact) mass is 209 g/mol. The quantitative estimate of drug-likeness (QED) is 0.828. The number of halogens is 1. The lowest BCUT2D eigenvalue weighted by Gasteiger charge is -2.20. The molecule has 0 aromatic heterocycles. The Balaban J connectivity index is 2.44. The van der Waals surface area contributed by atoms with Gasteiger partial charge in [0.15, 0.2) is 0 Å². The molecule has 0 heterocycles. The average molecular weight is 209 g/mol. The molecule has 0 spiro atoms. The molecule has 1 N–H and O–H groups in total. The summed E-state index contributed by atoms with van der Waals surface area (Å²) in [7, 11) is 1.80. The molecule has 2 rings (SSSR count). The van der Waals surface area contributed by atoms with E-state index < -0.39 is 11.8 Å². The molecule has 1 fully saturated rings. The number of anilines is 1. The summed E-state index contributed by atoms with van der Waals surface area (Å²) >= 11 is 0. The van der Waals surface area contributed by atoms with Crippen molar-refractivity contribution in [3.8, 4) is 0 Å². The van der Waals surface area contributed by atoms with Gasteiger partial charge in [-0.2, -0.15) is 0 Å². The average Bonchev–Trinajstić information content (AvgIpc) is 2.98. The van der Waals surface area contributed by atoms with Gasteiger partial charge in [0.2, 0.25) is 0 Å². The number of hydrogen-bond acceptors (Lipinski definition) is 2. The smallest absolute Gasteiger partial charge is 0.340 e. The van der Waals surface area contributed by atoms with Crippen LogP contribution < -0.4 is 4.90 Å². The Morgan fingerprint density at radius 2 is 2.20 bits per heavy atom. The van der Waals surface area contributed by atoms with Gasteiger partial charge in [-0.3, -0.25) is 0 Å². The lowest BCUT2D eigenvalue weighted by molar-refractivity contribution is 0.0692. The summed E-state index contributed by atoms with van der Waals surface area (Å²) in [5.41, 5.74) is 0.233. The maximum Gasteiger partial charge on any atom is 0.340 e. The fraction of sp³-hybridized carbons (Fsp3) is 0.364. The minimum absolute atomic E-state index is 0.230. The Morgan fingerprint density at radius 3 is 2.73 bits per heavy atom.